The van der Waals surface area contributed by atoms with Crippen LogP contribution in [0.25, 0.3) is 0 Å². The maximum atomic E-state index is 11.7. The quantitative estimate of drug-likeness (QED) is 0.742. The standard InChI is InChI=1S/C11H16N4O/c1-9-3-6-14-8-11(16)15(5-2-4-12)13-10(14)7-9/h3,6-7H,2,4-5,8,12H2,1H3. The van der Waals surface area contributed by atoms with Gasteiger partial charge in [0.1, 0.15) is 6.54 Å². The molecule has 86 valence electrons. The first-order chi connectivity index (χ1) is 7.70. The van der Waals surface area contributed by atoms with Crippen molar-refractivity contribution < 1.29 is 4.79 Å². The van der Waals surface area contributed by atoms with Gasteiger partial charge in [0.25, 0.3) is 5.91 Å². The molecule has 0 aromatic rings. The molecule has 0 aromatic carbocycles. The number of fused-ring (bicyclic) bond motifs is 1. The summed E-state index contributed by atoms with van der Waals surface area (Å²) in [4.78, 5) is 13.6. The summed E-state index contributed by atoms with van der Waals surface area (Å²) in [6.45, 7) is 3.55. The van der Waals surface area contributed by atoms with Crippen LogP contribution in [0.2, 0.25) is 0 Å². The van der Waals surface area contributed by atoms with E-state index in [1.54, 1.807) is 0 Å². The third-order valence-electron chi connectivity index (χ3n) is 2.56. The molecular formula is C11H16N4O. The van der Waals surface area contributed by atoms with Crippen LogP contribution in [0, 0.1) is 0 Å². The van der Waals surface area contributed by atoms with E-state index >= 15 is 0 Å². The average molecular weight is 220 g/mol. The fourth-order valence-corrected chi connectivity index (χ4v) is 1.66. The molecule has 0 aromatic heterocycles. The number of hydrogen-bond acceptors (Lipinski definition) is 4. The van der Waals surface area contributed by atoms with Gasteiger partial charge >= 0.3 is 0 Å². The van der Waals surface area contributed by atoms with Crippen LogP contribution in [0.15, 0.2) is 29.0 Å². The highest BCUT2D eigenvalue weighted by molar-refractivity contribution is 6.00. The Morgan fingerprint density at radius 1 is 1.56 bits per heavy atom. The second kappa shape index (κ2) is 4.49. The van der Waals surface area contributed by atoms with Crippen molar-refractivity contribution in [3.05, 3.63) is 23.9 Å². The van der Waals surface area contributed by atoms with E-state index < -0.39 is 0 Å². The minimum atomic E-state index is 0.0230. The Balaban J connectivity index is 2.16. The molecule has 5 nitrogen and oxygen atoms in total. The summed E-state index contributed by atoms with van der Waals surface area (Å²) in [5.41, 5.74) is 6.57. The van der Waals surface area contributed by atoms with Crippen LogP contribution in [0.3, 0.4) is 0 Å². The molecule has 0 saturated carbocycles. The Kier molecular flexibility index (Phi) is 3.05. The van der Waals surface area contributed by atoms with Crippen LogP contribution >= 0.6 is 0 Å². The lowest BCUT2D eigenvalue weighted by Crippen LogP contribution is -2.45. The molecule has 0 aliphatic carbocycles. The molecule has 2 aliphatic rings. The number of carbonyl (C=O) groups excluding carboxylic acids is 1. The van der Waals surface area contributed by atoms with Crippen molar-refractivity contribution >= 4 is 11.7 Å². The third-order valence-corrected chi connectivity index (χ3v) is 2.56. The molecule has 2 N–H and O–H groups in total. The molecule has 0 radical (unpaired) electrons. The number of amides is 1. The normalized spacial score (nSPS) is 19.5. The number of nitrogens with zero attached hydrogens (tertiary/aromatic N) is 3. The largest absolute Gasteiger partial charge is 0.330 e. The molecule has 0 spiro atoms. The first-order valence-corrected chi connectivity index (χ1v) is 5.43. The first kappa shape index (κ1) is 10.9. The van der Waals surface area contributed by atoms with E-state index in [-0.39, 0.29) is 5.91 Å². The number of nitrogens with two attached hydrogens (primary N) is 1. The summed E-state index contributed by atoms with van der Waals surface area (Å²) in [5.74, 6) is 0.853. The number of carbonyl (C=O) groups is 1. The van der Waals surface area contributed by atoms with Gasteiger partial charge in [0.05, 0.1) is 0 Å². The predicted molar refractivity (Wildman–Crippen MR) is 62.4 cm³/mol. The molecule has 2 heterocycles. The van der Waals surface area contributed by atoms with E-state index in [9.17, 15) is 4.79 Å². The Morgan fingerprint density at radius 3 is 3.12 bits per heavy atom. The predicted octanol–water partition coefficient (Wildman–Crippen LogP) is 0.267. The molecule has 1 amide bonds. The molecule has 0 atom stereocenters. The summed E-state index contributed by atoms with van der Waals surface area (Å²) in [5, 5.41) is 5.83. The molecule has 0 bridgehead atoms. The molecule has 0 unspecified atom stereocenters. The lowest BCUT2D eigenvalue weighted by molar-refractivity contribution is -0.132. The molecule has 5 heteroatoms. The van der Waals surface area contributed by atoms with Gasteiger partial charge in [0, 0.05) is 12.7 Å². The van der Waals surface area contributed by atoms with Crippen LogP contribution in [0.1, 0.15) is 13.3 Å². The minimum absolute atomic E-state index is 0.0230. The highest BCUT2D eigenvalue weighted by atomic mass is 16.2. The maximum absolute atomic E-state index is 11.7. The SMILES string of the molecule is CC1=CC2=NN(CCCN)C(=O)CN2C=C1. The van der Waals surface area contributed by atoms with Crippen molar-refractivity contribution in [1.82, 2.24) is 9.91 Å². The summed E-state index contributed by atoms with van der Waals surface area (Å²) < 4.78 is 0. The van der Waals surface area contributed by atoms with Gasteiger partial charge in [-0.15, -0.1) is 0 Å². The summed E-state index contributed by atoms with van der Waals surface area (Å²) in [6.07, 6.45) is 6.62. The molecular weight excluding hydrogens is 204 g/mol. The number of hydrazone groups is 1. The third kappa shape index (κ3) is 2.14. The average Bonchev–Trinajstić information content (AvgIpc) is 2.27. The smallest absolute Gasteiger partial charge is 0.262 e. The lowest BCUT2D eigenvalue weighted by Gasteiger charge is -2.31. The fourth-order valence-electron chi connectivity index (χ4n) is 1.66. The topological polar surface area (TPSA) is 61.9 Å². The zero-order valence-corrected chi connectivity index (χ0v) is 9.39. The maximum Gasteiger partial charge on any atom is 0.262 e. The number of rotatable bonds is 3. The Bertz CT molecular complexity index is 383. The second-order valence-electron chi connectivity index (χ2n) is 3.95. The lowest BCUT2D eigenvalue weighted by atomic mass is 10.2. The van der Waals surface area contributed by atoms with Crippen LogP contribution in [0.4, 0.5) is 0 Å². The molecule has 0 saturated heterocycles. The van der Waals surface area contributed by atoms with Crippen molar-refractivity contribution in [3.8, 4) is 0 Å². The van der Waals surface area contributed by atoms with Gasteiger partial charge in [-0.25, -0.2) is 5.01 Å². The van der Waals surface area contributed by atoms with Crippen molar-refractivity contribution in [3.63, 3.8) is 0 Å². The highest BCUT2D eigenvalue weighted by Gasteiger charge is 2.24. The van der Waals surface area contributed by atoms with E-state index in [0.717, 1.165) is 17.8 Å². The number of amidine groups is 1. The van der Waals surface area contributed by atoms with E-state index in [0.29, 0.717) is 19.6 Å². The number of allylic oxidation sites excluding steroid dienone is 2. The fraction of sp³-hybridized carbons (Fsp3) is 0.455. The monoisotopic (exact) mass is 220 g/mol. The van der Waals surface area contributed by atoms with E-state index in [4.69, 9.17) is 5.73 Å². The summed E-state index contributed by atoms with van der Waals surface area (Å²) in [7, 11) is 0. The van der Waals surface area contributed by atoms with E-state index in [1.807, 2.05) is 30.2 Å². The molecule has 0 fully saturated rings. The first-order valence-electron chi connectivity index (χ1n) is 5.43. The van der Waals surface area contributed by atoms with Gasteiger partial charge in [0.2, 0.25) is 0 Å². The molecule has 2 aliphatic heterocycles. The van der Waals surface area contributed by atoms with Gasteiger partial charge in [-0.05, 0) is 37.6 Å². The zero-order chi connectivity index (χ0) is 11.5. The Labute approximate surface area is 94.9 Å². The van der Waals surface area contributed by atoms with Crippen LogP contribution in [-0.4, -0.2) is 41.3 Å². The molecule has 2 rings (SSSR count). The van der Waals surface area contributed by atoms with E-state index in [2.05, 4.69) is 5.10 Å². The van der Waals surface area contributed by atoms with Crippen LogP contribution < -0.4 is 5.73 Å². The summed E-state index contributed by atoms with van der Waals surface area (Å²) in [6, 6.07) is 0. The van der Waals surface area contributed by atoms with Gasteiger partial charge < -0.3 is 10.6 Å². The van der Waals surface area contributed by atoms with Gasteiger partial charge in [0.15, 0.2) is 5.84 Å². The zero-order valence-electron chi connectivity index (χ0n) is 9.39. The Morgan fingerprint density at radius 2 is 2.38 bits per heavy atom. The highest BCUT2D eigenvalue weighted by Crippen LogP contribution is 2.14. The van der Waals surface area contributed by atoms with Crippen LogP contribution in [0.5, 0.6) is 0 Å². The van der Waals surface area contributed by atoms with Crippen molar-refractivity contribution in [1.29, 1.82) is 0 Å². The molecule has 16 heavy (non-hydrogen) atoms. The minimum Gasteiger partial charge on any atom is -0.330 e. The van der Waals surface area contributed by atoms with Crippen molar-refractivity contribution in [2.24, 2.45) is 10.8 Å². The van der Waals surface area contributed by atoms with Crippen molar-refractivity contribution in [2.75, 3.05) is 19.6 Å². The Hall–Kier alpha value is -1.62. The second-order valence-corrected chi connectivity index (χ2v) is 3.95. The van der Waals surface area contributed by atoms with E-state index in [1.165, 1.54) is 5.01 Å². The van der Waals surface area contributed by atoms with Gasteiger partial charge in [-0.1, -0.05) is 0 Å². The van der Waals surface area contributed by atoms with Gasteiger partial charge in [-0.3, -0.25) is 4.79 Å². The van der Waals surface area contributed by atoms with Gasteiger partial charge in [-0.2, -0.15) is 5.10 Å². The number of hydrogen-bond donors (Lipinski definition) is 1. The van der Waals surface area contributed by atoms with Crippen LogP contribution in [-0.2, 0) is 4.79 Å². The van der Waals surface area contributed by atoms with Crippen molar-refractivity contribution in [2.45, 2.75) is 13.3 Å². The summed E-state index contributed by atoms with van der Waals surface area (Å²) >= 11 is 0.